The van der Waals surface area contributed by atoms with Crippen LogP contribution in [0.15, 0.2) is 36.5 Å². The molecule has 3 N–H and O–H groups in total. The van der Waals surface area contributed by atoms with Crippen LogP contribution >= 0.6 is 0 Å². The van der Waals surface area contributed by atoms with Gasteiger partial charge in [0, 0.05) is 6.42 Å². The van der Waals surface area contributed by atoms with Crippen LogP contribution in [0.25, 0.3) is 0 Å². The van der Waals surface area contributed by atoms with Crippen molar-refractivity contribution < 1.29 is 15.0 Å². The van der Waals surface area contributed by atoms with Crippen molar-refractivity contribution in [3.8, 4) is 0 Å². The number of aliphatic hydroxyl groups is 2. The quantitative estimate of drug-likeness (QED) is 0.0421. The third kappa shape index (κ3) is 49.6. The van der Waals surface area contributed by atoms with Crippen molar-refractivity contribution in [2.75, 3.05) is 6.61 Å². The van der Waals surface area contributed by atoms with Crippen molar-refractivity contribution in [1.29, 1.82) is 0 Å². The van der Waals surface area contributed by atoms with Gasteiger partial charge >= 0.3 is 0 Å². The van der Waals surface area contributed by atoms with Gasteiger partial charge in [-0.05, 0) is 44.9 Å². The second-order valence-electron chi connectivity index (χ2n) is 19.3. The molecule has 1 amide bonds. The van der Waals surface area contributed by atoms with Crippen LogP contribution in [-0.2, 0) is 4.79 Å². The highest BCUT2D eigenvalue weighted by Crippen LogP contribution is 2.18. The largest absolute Gasteiger partial charge is 0.394 e. The zero-order valence-corrected chi connectivity index (χ0v) is 42.2. The minimum absolute atomic E-state index is 0.0739. The average molecular weight is 871 g/mol. The first-order valence-corrected chi connectivity index (χ1v) is 28.2. The van der Waals surface area contributed by atoms with Gasteiger partial charge in [-0.25, -0.2) is 0 Å². The van der Waals surface area contributed by atoms with Crippen molar-refractivity contribution >= 4 is 5.91 Å². The Kier molecular flexibility index (Phi) is 52.7. The summed E-state index contributed by atoms with van der Waals surface area (Å²) in [5.41, 5.74) is 0. The van der Waals surface area contributed by atoms with E-state index in [1.54, 1.807) is 6.08 Å². The Labute approximate surface area is 389 Å². The average Bonchev–Trinajstić information content (AvgIpc) is 3.28. The van der Waals surface area contributed by atoms with E-state index in [1.807, 2.05) is 6.08 Å². The van der Waals surface area contributed by atoms with Gasteiger partial charge in [-0.2, -0.15) is 0 Å². The zero-order chi connectivity index (χ0) is 44.9. The number of hydrogen-bond acceptors (Lipinski definition) is 3. The molecule has 0 spiro atoms. The predicted octanol–water partition coefficient (Wildman–Crippen LogP) is 18.5. The number of allylic oxidation sites excluding steroid dienone is 5. The number of carbonyl (C=O) groups excluding carboxylic acids is 1. The maximum absolute atomic E-state index is 12.4. The van der Waals surface area contributed by atoms with Gasteiger partial charge in [-0.1, -0.05) is 294 Å². The van der Waals surface area contributed by atoms with Crippen LogP contribution in [0.2, 0.25) is 0 Å². The van der Waals surface area contributed by atoms with E-state index < -0.39 is 12.1 Å². The van der Waals surface area contributed by atoms with E-state index >= 15 is 0 Å². The smallest absolute Gasteiger partial charge is 0.220 e. The highest BCUT2D eigenvalue weighted by Gasteiger charge is 2.18. The summed E-state index contributed by atoms with van der Waals surface area (Å²) in [5, 5.41) is 23.0. The van der Waals surface area contributed by atoms with E-state index in [4.69, 9.17) is 0 Å². The van der Waals surface area contributed by atoms with Crippen LogP contribution < -0.4 is 5.32 Å². The van der Waals surface area contributed by atoms with Crippen molar-refractivity contribution in [1.82, 2.24) is 5.32 Å². The normalized spacial score (nSPS) is 13.0. The van der Waals surface area contributed by atoms with E-state index in [0.29, 0.717) is 6.42 Å². The third-order valence-corrected chi connectivity index (χ3v) is 13.1. The molecule has 0 aliphatic carbocycles. The summed E-state index contributed by atoms with van der Waals surface area (Å²) in [6.45, 7) is 4.28. The maximum atomic E-state index is 12.4. The molecule has 0 saturated carbocycles. The predicted molar refractivity (Wildman–Crippen MR) is 276 cm³/mol. The van der Waals surface area contributed by atoms with Crippen molar-refractivity contribution in [3.05, 3.63) is 36.5 Å². The Balaban J connectivity index is 3.38. The highest BCUT2D eigenvalue weighted by molar-refractivity contribution is 5.76. The second kappa shape index (κ2) is 53.9. The molecule has 2 unspecified atom stereocenters. The molecular formula is C58H111NO3. The number of rotatable bonds is 52. The molecule has 62 heavy (non-hydrogen) atoms. The lowest BCUT2D eigenvalue weighted by Gasteiger charge is -2.19. The van der Waals surface area contributed by atoms with Crippen molar-refractivity contribution in [2.24, 2.45) is 0 Å². The molecule has 0 aromatic rings. The van der Waals surface area contributed by atoms with Gasteiger partial charge in [0.2, 0.25) is 5.91 Å². The number of aliphatic hydroxyl groups excluding tert-OH is 2. The molecule has 0 aromatic carbocycles. The minimum Gasteiger partial charge on any atom is -0.394 e. The Morgan fingerprint density at radius 1 is 0.371 bits per heavy atom. The molecule has 0 aromatic heterocycles. The molecule has 0 bridgehead atoms. The Morgan fingerprint density at radius 3 is 0.935 bits per heavy atom. The number of unbranched alkanes of at least 4 members (excludes halogenated alkanes) is 41. The molecule has 0 fully saturated rings. The number of hydrogen-bond donors (Lipinski definition) is 3. The molecule has 4 nitrogen and oxygen atoms in total. The first kappa shape index (κ1) is 60.6. The van der Waals surface area contributed by atoms with E-state index in [1.165, 1.54) is 250 Å². The molecule has 0 heterocycles. The molecular weight excluding hydrogens is 759 g/mol. The first-order chi connectivity index (χ1) is 30.7. The SMILES string of the molecule is CCCCC/C=C/CC/C=C/CC/C=C/C(O)C(CO)NC(=O)CCCCCCCCCCCCCCCCCCCCCCCCCCCCCCCCCCCCCCC. The van der Waals surface area contributed by atoms with Gasteiger partial charge in [-0.3, -0.25) is 4.79 Å². The summed E-state index contributed by atoms with van der Waals surface area (Å²) in [5.74, 6) is -0.0739. The van der Waals surface area contributed by atoms with Crippen molar-refractivity contribution in [2.45, 2.75) is 321 Å². The number of nitrogens with one attached hydrogen (secondary N) is 1. The standard InChI is InChI=1S/C58H111NO3/c1-3-5-7-9-11-13-15-17-18-19-20-21-22-23-24-25-26-27-28-29-30-31-32-33-34-35-36-37-38-39-40-42-44-46-48-50-52-54-58(62)59-56(55-60)57(61)53-51-49-47-45-43-41-16-14-12-10-8-6-4-2/h12,14,43,45,51,53,56-57,60-61H,3-11,13,15-42,44,46-50,52,54-55H2,1-2H3,(H,59,62)/b14-12+,45-43+,53-51+. The molecule has 0 radical (unpaired) electrons. The van der Waals surface area contributed by atoms with Crippen molar-refractivity contribution in [3.63, 3.8) is 0 Å². The fraction of sp³-hybridized carbons (Fsp3) is 0.879. The number of amides is 1. The summed E-state index contributed by atoms with van der Waals surface area (Å²) >= 11 is 0. The molecule has 2 atom stereocenters. The van der Waals surface area contributed by atoms with Crippen LogP contribution in [-0.4, -0.2) is 34.9 Å². The van der Waals surface area contributed by atoms with Crippen LogP contribution in [0.1, 0.15) is 309 Å². The molecule has 0 aliphatic rings. The monoisotopic (exact) mass is 870 g/mol. The molecule has 4 heteroatoms. The van der Waals surface area contributed by atoms with Gasteiger partial charge in [-0.15, -0.1) is 0 Å². The maximum Gasteiger partial charge on any atom is 0.220 e. The van der Waals surface area contributed by atoms with E-state index in [9.17, 15) is 15.0 Å². The third-order valence-electron chi connectivity index (χ3n) is 13.1. The van der Waals surface area contributed by atoms with E-state index in [2.05, 4.69) is 43.5 Å². The molecule has 0 saturated heterocycles. The lowest BCUT2D eigenvalue weighted by molar-refractivity contribution is -0.123. The summed E-state index contributed by atoms with van der Waals surface area (Å²) in [7, 11) is 0. The first-order valence-electron chi connectivity index (χ1n) is 28.2. The lowest BCUT2D eigenvalue weighted by atomic mass is 10.0. The van der Waals surface area contributed by atoms with Crippen LogP contribution in [0.3, 0.4) is 0 Å². The summed E-state index contributed by atoms with van der Waals surface area (Å²) in [4.78, 5) is 12.4. The summed E-state index contributed by atoms with van der Waals surface area (Å²) in [6, 6.07) is -0.642. The molecule has 0 rings (SSSR count). The van der Waals surface area contributed by atoms with Crippen LogP contribution in [0.5, 0.6) is 0 Å². The Hall–Kier alpha value is -1.39. The minimum atomic E-state index is -0.867. The topological polar surface area (TPSA) is 69.6 Å². The van der Waals surface area contributed by atoms with Gasteiger partial charge in [0.1, 0.15) is 0 Å². The summed E-state index contributed by atoms with van der Waals surface area (Å²) < 4.78 is 0. The highest BCUT2D eigenvalue weighted by atomic mass is 16.3. The Bertz CT molecular complexity index is 943. The van der Waals surface area contributed by atoms with E-state index in [0.717, 1.165) is 38.5 Å². The second-order valence-corrected chi connectivity index (χ2v) is 19.3. The molecule has 0 aliphatic heterocycles. The van der Waals surface area contributed by atoms with Crippen LogP contribution in [0.4, 0.5) is 0 Å². The van der Waals surface area contributed by atoms with E-state index in [-0.39, 0.29) is 12.5 Å². The van der Waals surface area contributed by atoms with Gasteiger partial charge in [0.15, 0.2) is 0 Å². The fourth-order valence-corrected chi connectivity index (χ4v) is 8.80. The van der Waals surface area contributed by atoms with Crippen LogP contribution in [0, 0.1) is 0 Å². The van der Waals surface area contributed by atoms with Gasteiger partial charge < -0.3 is 15.5 Å². The fourth-order valence-electron chi connectivity index (χ4n) is 8.80. The zero-order valence-electron chi connectivity index (χ0n) is 42.2. The molecule has 366 valence electrons. The Morgan fingerprint density at radius 2 is 0.629 bits per heavy atom. The van der Waals surface area contributed by atoms with Gasteiger partial charge in [0.25, 0.3) is 0 Å². The van der Waals surface area contributed by atoms with Gasteiger partial charge in [0.05, 0.1) is 18.8 Å². The number of carbonyl (C=O) groups is 1. The lowest BCUT2D eigenvalue weighted by Crippen LogP contribution is -2.45. The summed E-state index contributed by atoms with van der Waals surface area (Å²) in [6.07, 6.45) is 73.3.